The Morgan fingerprint density at radius 3 is 2.90 bits per heavy atom. The number of hydrogen-bond donors (Lipinski definition) is 2. The van der Waals surface area contributed by atoms with Crippen LogP contribution >= 0.6 is 0 Å². The van der Waals surface area contributed by atoms with Crippen molar-refractivity contribution in [3.63, 3.8) is 0 Å². The van der Waals surface area contributed by atoms with Gasteiger partial charge in [-0.05, 0) is 54.7 Å². The molecule has 0 heterocycles. The first kappa shape index (κ1) is 12.9. The number of phenols is 1. The average molecular weight is 269 g/mol. The van der Waals surface area contributed by atoms with Gasteiger partial charge in [0.05, 0.1) is 18.8 Å². The third-order valence-corrected chi connectivity index (χ3v) is 3.88. The van der Waals surface area contributed by atoms with Crippen LogP contribution in [0.1, 0.15) is 30.0 Å². The number of rotatable bonds is 3. The van der Waals surface area contributed by atoms with Gasteiger partial charge in [-0.3, -0.25) is 0 Å². The highest BCUT2D eigenvalue weighted by Gasteiger charge is 2.21. The van der Waals surface area contributed by atoms with E-state index in [0.29, 0.717) is 5.75 Å². The van der Waals surface area contributed by atoms with E-state index >= 15 is 0 Å². The molecule has 3 rings (SSSR count). The zero-order chi connectivity index (χ0) is 13.9. The Kier molecular flexibility index (Phi) is 3.50. The van der Waals surface area contributed by atoms with Crippen molar-refractivity contribution in [3.05, 3.63) is 53.6 Å². The molecule has 1 aliphatic carbocycles. The molecule has 2 aromatic rings. The predicted octanol–water partition coefficient (Wildman–Crippen LogP) is 3.89. The van der Waals surface area contributed by atoms with Gasteiger partial charge in [0.2, 0.25) is 0 Å². The van der Waals surface area contributed by atoms with Crippen molar-refractivity contribution in [3.8, 4) is 11.5 Å². The van der Waals surface area contributed by atoms with Gasteiger partial charge in [-0.1, -0.05) is 18.2 Å². The molecular weight excluding hydrogens is 250 g/mol. The lowest BCUT2D eigenvalue weighted by molar-refractivity contribution is 0.415. The molecule has 0 saturated heterocycles. The number of aryl methyl sites for hydroxylation is 1. The molecule has 2 N–H and O–H groups in total. The van der Waals surface area contributed by atoms with Crippen molar-refractivity contribution < 1.29 is 9.84 Å². The SMILES string of the molecule is COc1ccccc1NC1CCCc2cc(O)ccc21. The minimum absolute atomic E-state index is 0.274. The van der Waals surface area contributed by atoms with Crippen molar-refractivity contribution in [2.45, 2.75) is 25.3 Å². The first-order chi connectivity index (χ1) is 9.78. The van der Waals surface area contributed by atoms with Gasteiger partial charge in [-0.25, -0.2) is 0 Å². The molecule has 0 aromatic heterocycles. The highest BCUT2D eigenvalue weighted by atomic mass is 16.5. The molecule has 0 fully saturated rings. The molecule has 0 spiro atoms. The van der Waals surface area contributed by atoms with E-state index in [0.717, 1.165) is 30.7 Å². The van der Waals surface area contributed by atoms with Crippen LogP contribution in [0.4, 0.5) is 5.69 Å². The van der Waals surface area contributed by atoms with Gasteiger partial charge in [0, 0.05) is 0 Å². The van der Waals surface area contributed by atoms with E-state index < -0.39 is 0 Å². The lowest BCUT2D eigenvalue weighted by Gasteiger charge is -2.28. The molecule has 0 aliphatic heterocycles. The molecule has 3 nitrogen and oxygen atoms in total. The molecular formula is C17H19NO2. The number of hydrogen-bond acceptors (Lipinski definition) is 3. The molecule has 0 bridgehead atoms. The van der Waals surface area contributed by atoms with Crippen LogP contribution in [-0.4, -0.2) is 12.2 Å². The minimum atomic E-state index is 0.274. The Bertz CT molecular complexity index is 610. The second-order valence-electron chi connectivity index (χ2n) is 5.17. The summed E-state index contributed by atoms with van der Waals surface area (Å²) in [5.41, 5.74) is 3.53. The van der Waals surface area contributed by atoms with Crippen LogP contribution in [0.15, 0.2) is 42.5 Å². The van der Waals surface area contributed by atoms with Crippen LogP contribution < -0.4 is 10.1 Å². The van der Waals surface area contributed by atoms with Crippen molar-refractivity contribution in [1.82, 2.24) is 0 Å². The summed E-state index contributed by atoms with van der Waals surface area (Å²) in [6, 6.07) is 13.9. The van der Waals surface area contributed by atoms with Crippen LogP contribution in [0.2, 0.25) is 0 Å². The van der Waals surface area contributed by atoms with E-state index in [-0.39, 0.29) is 6.04 Å². The molecule has 2 aromatic carbocycles. The Morgan fingerprint density at radius 1 is 1.20 bits per heavy atom. The summed E-state index contributed by atoms with van der Waals surface area (Å²) in [5, 5.41) is 13.2. The number of anilines is 1. The summed E-state index contributed by atoms with van der Waals surface area (Å²) in [6.45, 7) is 0. The third kappa shape index (κ3) is 2.44. The van der Waals surface area contributed by atoms with Crippen LogP contribution in [0.3, 0.4) is 0 Å². The van der Waals surface area contributed by atoms with E-state index in [9.17, 15) is 5.11 Å². The minimum Gasteiger partial charge on any atom is -0.508 e. The maximum absolute atomic E-state index is 9.61. The molecule has 1 atom stereocenters. The molecule has 0 radical (unpaired) electrons. The van der Waals surface area contributed by atoms with Crippen molar-refractivity contribution in [2.24, 2.45) is 0 Å². The fourth-order valence-corrected chi connectivity index (χ4v) is 2.90. The van der Waals surface area contributed by atoms with Crippen LogP contribution in [-0.2, 0) is 6.42 Å². The lowest BCUT2D eigenvalue weighted by Crippen LogP contribution is -2.17. The summed E-state index contributed by atoms with van der Waals surface area (Å²) in [4.78, 5) is 0. The van der Waals surface area contributed by atoms with Crippen LogP contribution in [0.25, 0.3) is 0 Å². The third-order valence-electron chi connectivity index (χ3n) is 3.88. The Labute approximate surface area is 119 Å². The van der Waals surface area contributed by atoms with Crippen LogP contribution in [0, 0.1) is 0 Å². The average Bonchev–Trinajstić information content (AvgIpc) is 2.47. The number of nitrogens with one attached hydrogen (secondary N) is 1. The highest BCUT2D eigenvalue weighted by molar-refractivity contribution is 5.58. The second-order valence-corrected chi connectivity index (χ2v) is 5.17. The number of fused-ring (bicyclic) bond motifs is 1. The zero-order valence-electron chi connectivity index (χ0n) is 11.6. The number of phenolic OH excluding ortho intramolecular Hbond substituents is 1. The molecule has 104 valence electrons. The van der Waals surface area contributed by atoms with Gasteiger partial charge in [0.25, 0.3) is 0 Å². The van der Waals surface area contributed by atoms with E-state index in [1.807, 2.05) is 36.4 Å². The summed E-state index contributed by atoms with van der Waals surface area (Å²) in [6.07, 6.45) is 3.26. The Hall–Kier alpha value is -2.16. The monoisotopic (exact) mass is 269 g/mol. The molecule has 0 saturated carbocycles. The second kappa shape index (κ2) is 5.45. The van der Waals surface area contributed by atoms with Gasteiger partial charge in [-0.2, -0.15) is 0 Å². The largest absolute Gasteiger partial charge is 0.508 e. The summed E-state index contributed by atoms with van der Waals surface area (Å²) in [5.74, 6) is 1.21. The van der Waals surface area contributed by atoms with E-state index in [2.05, 4.69) is 5.32 Å². The fourth-order valence-electron chi connectivity index (χ4n) is 2.90. The fraction of sp³-hybridized carbons (Fsp3) is 0.294. The number of ether oxygens (including phenoxy) is 1. The molecule has 0 amide bonds. The zero-order valence-corrected chi connectivity index (χ0v) is 11.6. The molecule has 20 heavy (non-hydrogen) atoms. The maximum atomic E-state index is 9.61. The summed E-state index contributed by atoms with van der Waals surface area (Å²) < 4.78 is 5.39. The van der Waals surface area contributed by atoms with Gasteiger partial charge in [0.1, 0.15) is 11.5 Å². The maximum Gasteiger partial charge on any atom is 0.141 e. The first-order valence-corrected chi connectivity index (χ1v) is 6.99. The Balaban J connectivity index is 1.89. The van der Waals surface area contributed by atoms with Gasteiger partial charge in [-0.15, -0.1) is 0 Å². The van der Waals surface area contributed by atoms with Crippen molar-refractivity contribution in [2.75, 3.05) is 12.4 Å². The van der Waals surface area contributed by atoms with Gasteiger partial charge >= 0.3 is 0 Å². The van der Waals surface area contributed by atoms with Gasteiger partial charge in [0.15, 0.2) is 0 Å². The number of aromatic hydroxyl groups is 1. The highest BCUT2D eigenvalue weighted by Crippen LogP contribution is 2.36. The number of methoxy groups -OCH3 is 1. The summed E-state index contributed by atoms with van der Waals surface area (Å²) in [7, 11) is 1.69. The van der Waals surface area contributed by atoms with Crippen LogP contribution in [0.5, 0.6) is 11.5 Å². The normalized spacial score (nSPS) is 17.4. The van der Waals surface area contributed by atoms with E-state index in [4.69, 9.17) is 4.74 Å². The number of para-hydroxylation sites is 2. The molecule has 1 aliphatic rings. The standard InChI is InChI=1S/C17H19NO2/c1-20-17-8-3-2-6-16(17)18-15-7-4-5-12-11-13(19)9-10-14(12)15/h2-3,6,8-11,15,18-19H,4-5,7H2,1H3. The predicted molar refractivity (Wildman–Crippen MR) is 80.4 cm³/mol. The quantitative estimate of drug-likeness (QED) is 0.888. The number of benzene rings is 2. The molecule has 3 heteroatoms. The van der Waals surface area contributed by atoms with Crippen molar-refractivity contribution >= 4 is 5.69 Å². The summed E-state index contributed by atoms with van der Waals surface area (Å²) >= 11 is 0. The first-order valence-electron chi connectivity index (χ1n) is 6.99. The van der Waals surface area contributed by atoms with E-state index in [1.165, 1.54) is 11.1 Å². The van der Waals surface area contributed by atoms with Crippen molar-refractivity contribution in [1.29, 1.82) is 0 Å². The smallest absolute Gasteiger partial charge is 0.141 e. The topological polar surface area (TPSA) is 41.5 Å². The lowest BCUT2D eigenvalue weighted by atomic mass is 9.87. The Morgan fingerprint density at radius 2 is 2.05 bits per heavy atom. The van der Waals surface area contributed by atoms with E-state index in [1.54, 1.807) is 13.2 Å². The van der Waals surface area contributed by atoms with Gasteiger partial charge < -0.3 is 15.2 Å². The molecule has 1 unspecified atom stereocenters.